The Bertz CT molecular complexity index is 369. The molecule has 0 radical (unpaired) electrons. The number of nitrogens with zero attached hydrogens (tertiary/aromatic N) is 2. The molecule has 0 spiro atoms. The highest BCUT2D eigenvalue weighted by Crippen LogP contribution is 2.12. The lowest BCUT2D eigenvalue weighted by Gasteiger charge is -2.36. The molecular formula is C15H25N3O. The number of hydrogen-bond donors (Lipinski definition) is 1. The smallest absolute Gasteiger partial charge is 0.0827 e. The molecule has 1 unspecified atom stereocenters. The Kier molecular flexibility index (Phi) is 5.31. The van der Waals surface area contributed by atoms with E-state index in [4.69, 9.17) is 4.74 Å². The summed E-state index contributed by atoms with van der Waals surface area (Å²) in [6, 6.07) is 4.99. The normalized spacial score (nSPS) is 22.6. The van der Waals surface area contributed by atoms with E-state index < -0.39 is 0 Å². The second-order valence-electron chi connectivity index (χ2n) is 5.50. The highest BCUT2D eigenvalue weighted by atomic mass is 16.5. The topological polar surface area (TPSA) is 37.4 Å². The molecule has 1 fully saturated rings. The van der Waals surface area contributed by atoms with Gasteiger partial charge in [-0.2, -0.15) is 0 Å². The first-order chi connectivity index (χ1) is 9.16. The second-order valence-corrected chi connectivity index (χ2v) is 5.50. The van der Waals surface area contributed by atoms with Crippen LogP contribution in [0.5, 0.6) is 0 Å². The first-order valence-corrected chi connectivity index (χ1v) is 7.15. The van der Waals surface area contributed by atoms with Crippen LogP contribution in [0.15, 0.2) is 24.5 Å². The van der Waals surface area contributed by atoms with Crippen molar-refractivity contribution < 1.29 is 4.74 Å². The minimum absolute atomic E-state index is 0.287. The van der Waals surface area contributed by atoms with Gasteiger partial charge >= 0.3 is 0 Å². The average Bonchev–Trinajstić information content (AvgIpc) is 2.46. The molecule has 0 amide bonds. The van der Waals surface area contributed by atoms with Crippen LogP contribution in [0, 0.1) is 0 Å². The van der Waals surface area contributed by atoms with Crippen LogP contribution in [0.25, 0.3) is 0 Å². The van der Waals surface area contributed by atoms with Crippen LogP contribution in [0.2, 0.25) is 0 Å². The van der Waals surface area contributed by atoms with Gasteiger partial charge in [0.1, 0.15) is 0 Å². The summed E-state index contributed by atoms with van der Waals surface area (Å²) in [5.74, 6) is 0. The SMILES string of the molecule is CC(C)N1CCOC(CN[C@H](C)c2cccnc2)C1. The molecule has 4 nitrogen and oxygen atoms in total. The van der Waals surface area contributed by atoms with Gasteiger partial charge in [0.15, 0.2) is 0 Å². The fraction of sp³-hybridized carbons (Fsp3) is 0.667. The third kappa shape index (κ3) is 4.27. The fourth-order valence-corrected chi connectivity index (χ4v) is 2.39. The van der Waals surface area contributed by atoms with E-state index in [-0.39, 0.29) is 6.10 Å². The summed E-state index contributed by atoms with van der Waals surface area (Å²) in [4.78, 5) is 6.63. The third-order valence-corrected chi connectivity index (χ3v) is 3.74. The van der Waals surface area contributed by atoms with Crippen molar-refractivity contribution >= 4 is 0 Å². The van der Waals surface area contributed by atoms with Gasteiger partial charge in [0.05, 0.1) is 12.7 Å². The van der Waals surface area contributed by atoms with Gasteiger partial charge in [0, 0.05) is 44.1 Å². The molecule has 1 saturated heterocycles. The number of morpholine rings is 1. The molecule has 0 aromatic carbocycles. The molecule has 4 heteroatoms. The van der Waals surface area contributed by atoms with E-state index in [1.165, 1.54) is 5.56 Å². The second kappa shape index (κ2) is 6.98. The van der Waals surface area contributed by atoms with E-state index in [0.29, 0.717) is 12.1 Å². The number of nitrogens with one attached hydrogen (secondary N) is 1. The van der Waals surface area contributed by atoms with Gasteiger partial charge in [-0.25, -0.2) is 0 Å². The minimum Gasteiger partial charge on any atom is -0.374 e. The van der Waals surface area contributed by atoms with E-state index in [2.05, 4.69) is 42.0 Å². The lowest BCUT2D eigenvalue weighted by Crippen LogP contribution is -2.49. The van der Waals surface area contributed by atoms with Gasteiger partial charge in [-0.05, 0) is 32.4 Å². The molecule has 106 valence electrons. The van der Waals surface area contributed by atoms with Crippen molar-refractivity contribution in [3.05, 3.63) is 30.1 Å². The van der Waals surface area contributed by atoms with Gasteiger partial charge in [-0.15, -0.1) is 0 Å². The molecule has 1 N–H and O–H groups in total. The number of hydrogen-bond acceptors (Lipinski definition) is 4. The quantitative estimate of drug-likeness (QED) is 0.879. The average molecular weight is 263 g/mol. The van der Waals surface area contributed by atoms with Crippen LogP contribution in [0.4, 0.5) is 0 Å². The molecule has 1 aliphatic heterocycles. The van der Waals surface area contributed by atoms with Gasteiger partial charge in [0.25, 0.3) is 0 Å². The van der Waals surface area contributed by atoms with E-state index in [1.807, 2.05) is 12.3 Å². The number of rotatable bonds is 5. The van der Waals surface area contributed by atoms with Crippen molar-refractivity contribution in [2.75, 3.05) is 26.2 Å². The Labute approximate surface area is 116 Å². The van der Waals surface area contributed by atoms with Gasteiger partial charge in [-0.1, -0.05) is 6.07 Å². The number of aromatic nitrogens is 1. The van der Waals surface area contributed by atoms with Gasteiger partial charge < -0.3 is 10.1 Å². The van der Waals surface area contributed by atoms with Crippen molar-refractivity contribution in [2.24, 2.45) is 0 Å². The van der Waals surface area contributed by atoms with Crippen LogP contribution < -0.4 is 5.32 Å². The first kappa shape index (κ1) is 14.4. The van der Waals surface area contributed by atoms with Crippen molar-refractivity contribution in [1.82, 2.24) is 15.2 Å². The van der Waals surface area contributed by atoms with Crippen LogP contribution >= 0.6 is 0 Å². The maximum atomic E-state index is 5.82. The number of ether oxygens (including phenoxy) is 1. The maximum Gasteiger partial charge on any atom is 0.0827 e. The van der Waals surface area contributed by atoms with Crippen LogP contribution in [-0.2, 0) is 4.74 Å². The van der Waals surface area contributed by atoms with E-state index >= 15 is 0 Å². The molecule has 1 aromatic heterocycles. The molecule has 2 atom stereocenters. The Balaban J connectivity index is 1.79. The first-order valence-electron chi connectivity index (χ1n) is 7.15. The highest BCUT2D eigenvalue weighted by Gasteiger charge is 2.22. The summed E-state index contributed by atoms with van der Waals surface area (Å²) in [6.07, 6.45) is 4.01. The van der Waals surface area contributed by atoms with Crippen LogP contribution in [0.1, 0.15) is 32.4 Å². The summed E-state index contributed by atoms with van der Waals surface area (Å²) in [5.41, 5.74) is 1.22. The molecular weight excluding hydrogens is 238 g/mol. The van der Waals surface area contributed by atoms with Gasteiger partial charge in [0.2, 0.25) is 0 Å². The predicted molar refractivity (Wildman–Crippen MR) is 77.1 cm³/mol. The van der Waals surface area contributed by atoms with Crippen LogP contribution in [-0.4, -0.2) is 48.3 Å². The Morgan fingerprint density at radius 2 is 2.32 bits per heavy atom. The van der Waals surface area contributed by atoms with Gasteiger partial charge in [-0.3, -0.25) is 9.88 Å². The fourth-order valence-electron chi connectivity index (χ4n) is 2.39. The maximum absolute atomic E-state index is 5.82. The number of pyridine rings is 1. The highest BCUT2D eigenvalue weighted by molar-refractivity contribution is 5.12. The molecule has 0 saturated carbocycles. The summed E-state index contributed by atoms with van der Waals surface area (Å²) in [5, 5.41) is 3.54. The Morgan fingerprint density at radius 3 is 3.00 bits per heavy atom. The molecule has 2 heterocycles. The molecule has 0 bridgehead atoms. The largest absolute Gasteiger partial charge is 0.374 e. The zero-order valence-corrected chi connectivity index (χ0v) is 12.2. The van der Waals surface area contributed by atoms with E-state index in [0.717, 1.165) is 26.2 Å². The van der Waals surface area contributed by atoms with Crippen molar-refractivity contribution in [3.8, 4) is 0 Å². The Hall–Kier alpha value is -0.970. The summed E-state index contributed by atoms with van der Waals surface area (Å²) in [7, 11) is 0. The third-order valence-electron chi connectivity index (χ3n) is 3.74. The standard InChI is InChI=1S/C15H25N3O/c1-12(2)18-7-8-19-15(11-18)10-17-13(3)14-5-4-6-16-9-14/h4-6,9,12-13,15,17H,7-8,10-11H2,1-3H3/t13-,15?/m1/s1. The molecule has 1 aromatic rings. The minimum atomic E-state index is 0.287. The molecule has 1 aliphatic rings. The predicted octanol–water partition coefficient (Wildman–Crippen LogP) is 1.84. The van der Waals surface area contributed by atoms with E-state index in [9.17, 15) is 0 Å². The summed E-state index contributed by atoms with van der Waals surface area (Å²) >= 11 is 0. The molecule has 0 aliphatic carbocycles. The van der Waals surface area contributed by atoms with E-state index in [1.54, 1.807) is 6.20 Å². The zero-order chi connectivity index (χ0) is 13.7. The zero-order valence-electron chi connectivity index (χ0n) is 12.2. The van der Waals surface area contributed by atoms with Crippen molar-refractivity contribution in [1.29, 1.82) is 0 Å². The summed E-state index contributed by atoms with van der Waals surface area (Å²) in [6.45, 7) is 10.4. The monoisotopic (exact) mass is 263 g/mol. The Morgan fingerprint density at radius 1 is 1.47 bits per heavy atom. The van der Waals surface area contributed by atoms with Crippen LogP contribution in [0.3, 0.4) is 0 Å². The molecule has 2 rings (SSSR count). The lowest BCUT2D eigenvalue weighted by atomic mass is 10.1. The lowest BCUT2D eigenvalue weighted by molar-refractivity contribution is -0.0379. The summed E-state index contributed by atoms with van der Waals surface area (Å²) < 4.78 is 5.82. The van der Waals surface area contributed by atoms with Crippen molar-refractivity contribution in [2.45, 2.75) is 39.0 Å². The van der Waals surface area contributed by atoms with Crippen molar-refractivity contribution in [3.63, 3.8) is 0 Å². The molecule has 19 heavy (non-hydrogen) atoms.